The molecule has 2 rings (SSSR count). The second kappa shape index (κ2) is 9.34. The number of carbonyl (C=O) groups excluding carboxylic acids is 1. The first kappa shape index (κ1) is 20.7. The van der Waals surface area contributed by atoms with Crippen LogP contribution in [0.4, 0.5) is 0 Å². The molecule has 0 saturated heterocycles. The molecule has 1 N–H and O–H groups in total. The van der Waals surface area contributed by atoms with Gasteiger partial charge in [0.1, 0.15) is 12.4 Å². The van der Waals surface area contributed by atoms with E-state index in [0.29, 0.717) is 13.2 Å². The number of hydrogen-bond donors (Lipinski definition) is 1. The molecule has 7 heteroatoms. The van der Waals surface area contributed by atoms with Crippen molar-refractivity contribution >= 4 is 22.0 Å². The summed E-state index contributed by atoms with van der Waals surface area (Å²) in [5.41, 5.74) is 1.86. The summed E-state index contributed by atoms with van der Waals surface area (Å²) in [6.45, 7) is 2.85. The van der Waals surface area contributed by atoms with Crippen molar-refractivity contribution in [2.24, 2.45) is 0 Å². The third-order valence-corrected chi connectivity index (χ3v) is 5.37. The number of benzene rings is 2. The van der Waals surface area contributed by atoms with E-state index in [0.717, 1.165) is 16.9 Å². The van der Waals surface area contributed by atoms with E-state index in [2.05, 4.69) is 4.72 Å². The number of nitrogens with one attached hydrogen (secondary N) is 1. The van der Waals surface area contributed by atoms with Gasteiger partial charge in [0.15, 0.2) is 0 Å². The summed E-state index contributed by atoms with van der Waals surface area (Å²) >= 11 is 0. The monoisotopic (exact) mass is 388 g/mol. The fraction of sp³-hybridized carbons (Fsp3) is 0.250. The van der Waals surface area contributed by atoms with E-state index >= 15 is 0 Å². The Morgan fingerprint density at radius 1 is 1.19 bits per heavy atom. The van der Waals surface area contributed by atoms with Gasteiger partial charge in [-0.05, 0) is 55.4 Å². The van der Waals surface area contributed by atoms with Gasteiger partial charge < -0.3 is 9.64 Å². The molecular weight excluding hydrogens is 364 g/mol. The lowest BCUT2D eigenvalue weighted by Gasteiger charge is -2.15. The highest BCUT2D eigenvalue weighted by atomic mass is 32.2. The van der Waals surface area contributed by atoms with Crippen LogP contribution in [0.3, 0.4) is 0 Å². The second-order valence-electron chi connectivity index (χ2n) is 6.03. The van der Waals surface area contributed by atoms with Gasteiger partial charge in [0.25, 0.3) is 0 Å². The van der Waals surface area contributed by atoms with Gasteiger partial charge in [-0.2, -0.15) is 0 Å². The Balaban J connectivity index is 1.86. The molecule has 0 atom stereocenters. The predicted molar refractivity (Wildman–Crippen MR) is 106 cm³/mol. The van der Waals surface area contributed by atoms with Gasteiger partial charge in [-0.15, -0.1) is 0 Å². The van der Waals surface area contributed by atoms with Crippen molar-refractivity contribution < 1.29 is 17.9 Å². The second-order valence-corrected chi connectivity index (χ2v) is 7.92. The smallest absolute Gasteiger partial charge is 0.246 e. The molecule has 0 unspecified atom stereocenters. The fourth-order valence-corrected chi connectivity index (χ4v) is 3.02. The zero-order chi connectivity index (χ0) is 19.9. The molecular formula is C20H24N2O4S. The van der Waals surface area contributed by atoms with E-state index in [4.69, 9.17) is 4.74 Å². The largest absolute Gasteiger partial charge is 0.492 e. The summed E-state index contributed by atoms with van der Waals surface area (Å²) in [5.74, 6) is 0.623. The number of aryl methyl sites for hydroxylation is 1. The van der Waals surface area contributed by atoms with Crippen molar-refractivity contribution in [1.82, 2.24) is 9.62 Å². The predicted octanol–water partition coefficient (Wildman–Crippen LogP) is 2.45. The van der Waals surface area contributed by atoms with Crippen LogP contribution in [0, 0.1) is 6.92 Å². The molecule has 0 heterocycles. The normalized spacial score (nSPS) is 11.5. The first-order valence-electron chi connectivity index (χ1n) is 8.48. The minimum atomic E-state index is -3.46. The quantitative estimate of drug-likeness (QED) is 0.705. The van der Waals surface area contributed by atoms with Crippen LogP contribution in [-0.2, 0) is 14.8 Å². The molecule has 2 aromatic carbocycles. The van der Waals surface area contributed by atoms with Crippen LogP contribution in [0.15, 0.2) is 59.5 Å². The molecule has 0 aliphatic rings. The van der Waals surface area contributed by atoms with E-state index in [-0.39, 0.29) is 10.8 Å². The van der Waals surface area contributed by atoms with Crippen molar-refractivity contribution in [3.63, 3.8) is 0 Å². The van der Waals surface area contributed by atoms with Crippen LogP contribution < -0.4 is 9.46 Å². The third kappa shape index (κ3) is 6.23. The first-order valence-corrected chi connectivity index (χ1v) is 9.96. The number of ether oxygens (including phenoxy) is 1. The standard InChI is InChI=1S/C20H24N2O4S/c1-16-5-4-6-18(15-16)26-14-13-22(3)20(23)12-9-17-7-10-19(11-8-17)27(24,25)21-2/h4-12,15,21H,13-14H2,1-3H3/b12-9+. The molecule has 27 heavy (non-hydrogen) atoms. The Kier molecular flexibility index (Phi) is 7.15. The Hall–Kier alpha value is -2.64. The maximum Gasteiger partial charge on any atom is 0.246 e. The lowest BCUT2D eigenvalue weighted by atomic mass is 10.2. The minimum Gasteiger partial charge on any atom is -0.492 e. The molecule has 0 saturated carbocycles. The third-order valence-electron chi connectivity index (χ3n) is 3.94. The first-order chi connectivity index (χ1) is 12.8. The average Bonchev–Trinajstić information content (AvgIpc) is 2.66. The zero-order valence-electron chi connectivity index (χ0n) is 15.7. The number of hydrogen-bond acceptors (Lipinski definition) is 4. The highest BCUT2D eigenvalue weighted by Crippen LogP contribution is 2.13. The SMILES string of the molecule is CNS(=O)(=O)c1ccc(/C=C/C(=O)N(C)CCOc2cccc(C)c2)cc1. The van der Waals surface area contributed by atoms with E-state index in [1.54, 1.807) is 30.2 Å². The topological polar surface area (TPSA) is 75.7 Å². The molecule has 0 aliphatic heterocycles. The van der Waals surface area contributed by atoms with Crippen molar-refractivity contribution in [1.29, 1.82) is 0 Å². The lowest BCUT2D eigenvalue weighted by Crippen LogP contribution is -2.29. The van der Waals surface area contributed by atoms with Crippen molar-refractivity contribution in [3.05, 3.63) is 65.7 Å². The van der Waals surface area contributed by atoms with E-state index in [9.17, 15) is 13.2 Å². The molecule has 0 aromatic heterocycles. The summed E-state index contributed by atoms with van der Waals surface area (Å²) in [6, 6.07) is 14.0. The molecule has 2 aromatic rings. The molecule has 0 bridgehead atoms. The summed E-state index contributed by atoms with van der Waals surface area (Å²) in [5, 5.41) is 0. The highest BCUT2D eigenvalue weighted by Gasteiger charge is 2.10. The molecule has 1 amide bonds. The molecule has 0 aliphatic carbocycles. The zero-order valence-corrected chi connectivity index (χ0v) is 16.5. The number of sulfonamides is 1. The van der Waals surface area contributed by atoms with Gasteiger partial charge in [0.05, 0.1) is 11.4 Å². The number of amides is 1. The molecule has 0 spiro atoms. The maximum atomic E-state index is 12.2. The van der Waals surface area contributed by atoms with Gasteiger partial charge in [-0.3, -0.25) is 4.79 Å². The molecule has 6 nitrogen and oxygen atoms in total. The van der Waals surface area contributed by atoms with E-state index in [1.807, 2.05) is 31.2 Å². The molecule has 144 valence electrons. The molecule has 0 fully saturated rings. The Morgan fingerprint density at radius 2 is 1.89 bits per heavy atom. The highest BCUT2D eigenvalue weighted by molar-refractivity contribution is 7.89. The van der Waals surface area contributed by atoms with E-state index < -0.39 is 10.0 Å². The van der Waals surface area contributed by atoms with Crippen LogP contribution in [0.25, 0.3) is 6.08 Å². The Morgan fingerprint density at radius 3 is 2.52 bits per heavy atom. The Labute approximate surface area is 160 Å². The number of nitrogens with zero attached hydrogens (tertiary/aromatic N) is 1. The van der Waals surface area contributed by atoms with Gasteiger partial charge in [-0.1, -0.05) is 24.3 Å². The maximum absolute atomic E-state index is 12.2. The molecule has 0 radical (unpaired) electrons. The number of rotatable bonds is 8. The van der Waals surface area contributed by atoms with Crippen molar-refractivity contribution in [2.75, 3.05) is 27.2 Å². The van der Waals surface area contributed by atoms with Gasteiger partial charge in [0.2, 0.25) is 15.9 Å². The summed E-state index contributed by atoms with van der Waals surface area (Å²) in [7, 11) is -0.394. The van der Waals surface area contributed by atoms with Crippen LogP contribution in [0.5, 0.6) is 5.75 Å². The number of carbonyl (C=O) groups is 1. The van der Waals surface area contributed by atoms with Crippen LogP contribution in [-0.4, -0.2) is 46.5 Å². The van der Waals surface area contributed by atoms with Gasteiger partial charge >= 0.3 is 0 Å². The summed E-state index contributed by atoms with van der Waals surface area (Å²) in [4.78, 5) is 13.9. The van der Waals surface area contributed by atoms with Crippen LogP contribution in [0.1, 0.15) is 11.1 Å². The lowest BCUT2D eigenvalue weighted by molar-refractivity contribution is -0.125. The van der Waals surface area contributed by atoms with Crippen LogP contribution >= 0.6 is 0 Å². The van der Waals surface area contributed by atoms with Crippen molar-refractivity contribution in [2.45, 2.75) is 11.8 Å². The summed E-state index contributed by atoms with van der Waals surface area (Å²) < 4.78 is 31.3. The van der Waals surface area contributed by atoms with E-state index in [1.165, 1.54) is 25.3 Å². The average molecular weight is 388 g/mol. The van der Waals surface area contributed by atoms with Crippen molar-refractivity contribution in [3.8, 4) is 5.75 Å². The summed E-state index contributed by atoms with van der Waals surface area (Å²) in [6.07, 6.45) is 3.10. The van der Waals surface area contributed by atoms with Gasteiger partial charge in [0, 0.05) is 13.1 Å². The number of likely N-dealkylation sites (N-methyl/N-ethyl adjacent to an activating group) is 1. The minimum absolute atomic E-state index is 0.158. The fourth-order valence-electron chi connectivity index (χ4n) is 2.29. The Bertz CT molecular complexity index is 906. The van der Waals surface area contributed by atoms with Gasteiger partial charge in [-0.25, -0.2) is 13.1 Å². The van der Waals surface area contributed by atoms with Crippen LogP contribution in [0.2, 0.25) is 0 Å².